The number of benzene rings is 2. The van der Waals surface area contributed by atoms with E-state index in [0.717, 1.165) is 12.1 Å². The highest BCUT2D eigenvalue weighted by atomic mass is 19.4. The van der Waals surface area contributed by atoms with Crippen molar-refractivity contribution in [2.45, 2.75) is 12.3 Å². The van der Waals surface area contributed by atoms with Gasteiger partial charge in [-0.2, -0.15) is 13.2 Å². The second kappa shape index (κ2) is 6.51. The Morgan fingerprint density at radius 1 is 0.957 bits per heavy atom. The Labute approximate surface area is 129 Å². The lowest BCUT2D eigenvalue weighted by atomic mass is 10.1. The lowest BCUT2D eigenvalue weighted by Crippen LogP contribution is -2.40. The molecule has 23 heavy (non-hydrogen) atoms. The van der Waals surface area contributed by atoms with Crippen LogP contribution in [0.1, 0.15) is 20.7 Å². The number of alkyl halides is 3. The fourth-order valence-electron chi connectivity index (χ4n) is 1.84. The maximum Gasteiger partial charge on any atom is 0.433 e. The number of hydrogen-bond acceptors (Lipinski definition) is 4. The van der Waals surface area contributed by atoms with Gasteiger partial charge in [0, 0.05) is 5.56 Å². The fraction of sp³-hybridized carbons (Fsp3) is 0.125. The maximum absolute atomic E-state index is 13.1. The third-order valence-electron chi connectivity index (χ3n) is 2.94. The van der Waals surface area contributed by atoms with Gasteiger partial charge in [-0.15, -0.1) is 0 Å². The first-order valence-electron chi connectivity index (χ1n) is 6.45. The largest absolute Gasteiger partial charge is 0.507 e. The maximum atomic E-state index is 13.1. The summed E-state index contributed by atoms with van der Waals surface area (Å²) in [6.07, 6.45) is -8.02. The normalized spacial score (nSPS) is 12.5. The molecule has 2 aromatic carbocycles. The van der Waals surface area contributed by atoms with Gasteiger partial charge in [0.1, 0.15) is 11.3 Å². The number of aromatic hydroxyl groups is 1. The minimum atomic E-state index is -5.08. The van der Waals surface area contributed by atoms with Crippen molar-refractivity contribution in [3.8, 4) is 5.75 Å². The van der Waals surface area contributed by atoms with Crippen LogP contribution < -0.4 is 0 Å². The van der Waals surface area contributed by atoms with E-state index >= 15 is 0 Å². The summed E-state index contributed by atoms with van der Waals surface area (Å²) in [6.45, 7) is 0. The van der Waals surface area contributed by atoms with Crippen LogP contribution in [0.4, 0.5) is 13.2 Å². The van der Waals surface area contributed by atoms with Crippen molar-refractivity contribution in [3.63, 3.8) is 0 Å². The third kappa shape index (κ3) is 3.88. The topological polar surface area (TPSA) is 63.6 Å². The molecule has 0 unspecified atom stereocenters. The Morgan fingerprint density at radius 3 is 2.09 bits per heavy atom. The van der Waals surface area contributed by atoms with Crippen molar-refractivity contribution in [2.75, 3.05) is 0 Å². The van der Waals surface area contributed by atoms with Gasteiger partial charge in [-0.1, -0.05) is 42.5 Å². The standard InChI is InChI=1S/C16H11F3O4/c17-16(18,19)14(13(21)10-6-2-1-3-7-10)23-15(22)11-8-4-5-9-12(11)20/h1-9,14,20H/t14-/m1/s1. The highest BCUT2D eigenvalue weighted by molar-refractivity contribution is 6.02. The number of hydrogen-bond donors (Lipinski definition) is 1. The molecular formula is C16H11F3O4. The molecule has 0 fully saturated rings. The molecule has 2 aromatic rings. The molecule has 0 amide bonds. The zero-order chi connectivity index (χ0) is 17.0. The predicted molar refractivity (Wildman–Crippen MR) is 74.1 cm³/mol. The van der Waals surface area contributed by atoms with Crippen LogP contribution in [0, 0.1) is 0 Å². The van der Waals surface area contributed by atoms with E-state index in [1.54, 1.807) is 0 Å². The minimum absolute atomic E-state index is 0.236. The zero-order valence-corrected chi connectivity index (χ0v) is 11.6. The van der Waals surface area contributed by atoms with Crippen LogP contribution >= 0.6 is 0 Å². The van der Waals surface area contributed by atoms with Crippen LogP contribution in [-0.2, 0) is 4.74 Å². The number of ether oxygens (including phenoxy) is 1. The van der Waals surface area contributed by atoms with E-state index in [1.165, 1.54) is 42.5 Å². The number of para-hydroxylation sites is 1. The molecular weight excluding hydrogens is 313 g/mol. The Kier molecular flexibility index (Phi) is 4.68. The molecule has 0 aliphatic carbocycles. The third-order valence-corrected chi connectivity index (χ3v) is 2.94. The number of phenolic OH excluding ortho intramolecular Hbond substituents is 1. The Hall–Kier alpha value is -2.83. The lowest BCUT2D eigenvalue weighted by Gasteiger charge is -2.19. The molecule has 0 radical (unpaired) electrons. The molecule has 0 aliphatic heterocycles. The van der Waals surface area contributed by atoms with Crippen LogP contribution in [0.25, 0.3) is 0 Å². The number of Topliss-reactive ketones (excluding diaryl/α,β-unsaturated/α-hetero) is 1. The van der Waals surface area contributed by atoms with Gasteiger partial charge in [0.15, 0.2) is 0 Å². The Morgan fingerprint density at radius 2 is 1.52 bits per heavy atom. The molecule has 0 bridgehead atoms. The highest BCUT2D eigenvalue weighted by Gasteiger charge is 2.48. The Bertz CT molecular complexity index is 711. The summed E-state index contributed by atoms with van der Waals surface area (Å²) in [6, 6.07) is 11.7. The lowest BCUT2D eigenvalue weighted by molar-refractivity contribution is -0.187. The number of halogens is 3. The van der Waals surface area contributed by atoms with Gasteiger partial charge < -0.3 is 9.84 Å². The smallest absolute Gasteiger partial charge is 0.433 e. The Balaban J connectivity index is 2.29. The SMILES string of the molecule is O=C(O[C@H](C(=O)c1ccccc1)C(F)(F)F)c1ccccc1O. The molecule has 7 heteroatoms. The molecule has 0 aromatic heterocycles. The second-order valence-electron chi connectivity index (χ2n) is 4.57. The summed E-state index contributed by atoms with van der Waals surface area (Å²) in [5, 5.41) is 9.49. The molecule has 2 rings (SSSR count). The van der Waals surface area contributed by atoms with Gasteiger partial charge in [0.25, 0.3) is 6.10 Å². The molecule has 4 nitrogen and oxygen atoms in total. The average Bonchev–Trinajstić information content (AvgIpc) is 2.52. The van der Waals surface area contributed by atoms with Crippen LogP contribution in [0.15, 0.2) is 54.6 Å². The first-order valence-corrected chi connectivity index (χ1v) is 6.45. The average molecular weight is 324 g/mol. The monoisotopic (exact) mass is 324 g/mol. The molecule has 0 saturated heterocycles. The van der Waals surface area contributed by atoms with Crippen LogP contribution in [0.5, 0.6) is 5.75 Å². The van der Waals surface area contributed by atoms with Gasteiger partial charge in [-0.25, -0.2) is 4.79 Å². The summed E-state index contributed by atoms with van der Waals surface area (Å²) >= 11 is 0. The van der Waals surface area contributed by atoms with Crippen LogP contribution in [-0.4, -0.2) is 29.1 Å². The van der Waals surface area contributed by atoms with E-state index in [1.807, 2.05) is 0 Å². The molecule has 0 saturated carbocycles. The van der Waals surface area contributed by atoms with E-state index < -0.39 is 35.3 Å². The molecule has 0 aliphatic rings. The summed E-state index contributed by atoms with van der Waals surface area (Å²) < 4.78 is 43.5. The summed E-state index contributed by atoms with van der Waals surface area (Å²) in [4.78, 5) is 23.8. The molecule has 0 spiro atoms. The van der Waals surface area contributed by atoms with Gasteiger partial charge in [-0.05, 0) is 12.1 Å². The van der Waals surface area contributed by atoms with Gasteiger partial charge in [0.2, 0.25) is 5.78 Å². The second-order valence-corrected chi connectivity index (χ2v) is 4.57. The quantitative estimate of drug-likeness (QED) is 0.692. The van der Waals surface area contributed by atoms with E-state index in [4.69, 9.17) is 0 Å². The molecule has 120 valence electrons. The van der Waals surface area contributed by atoms with Crippen molar-refractivity contribution in [3.05, 3.63) is 65.7 Å². The number of carbonyl (C=O) groups excluding carboxylic acids is 2. The number of esters is 1. The van der Waals surface area contributed by atoms with E-state index in [-0.39, 0.29) is 5.56 Å². The zero-order valence-electron chi connectivity index (χ0n) is 11.6. The predicted octanol–water partition coefficient (Wildman–Crippen LogP) is 3.36. The van der Waals surface area contributed by atoms with E-state index in [9.17, 15) is 27.9 Å². The van der Waals surface area contributed by atoms with Crippen molar-refractivity contribution in [1.82, 2.24) is 0 Å². The number of carbonyl (C=O) groups is 2. The van der Waals surface area contributed by atoms with Crippen LogP contribution in [0.3, 0.4) is 0 Å². The van der Waals surface area contributed by atoms with Crippen LogP contribution in [0.2, 0.25) is 0 Å². The van der Waals surface area contributed by atoms with Crippen molar-refractivity contribution >= 4 is 11.8 Å². The van der Waals surface area contributed by atoms with Crippen molar-refractivity contribution in [2.24, 2.45) is 0 Å². The van der Waals surface area contributed by atoms with Gasteiger partial charge in [0.05, 0.1) is 0 Å². The number of ketones is 1. The highest BCUT2D eigenvalue weighted by Crippen LogP contribution is 2.28. The van der Waals surface area contributed by atoms with Crippen molar-refractivity contribution in [1.29, 1.82) is 0 Å². The molecule has 1 N–H and O–H groups in total. The summed E-state index contributed by atoms with van der Waals surface area (Å²) in [7, 11) is 0. The first-order chi connectivity index (χ1) is 10.8. The summed E-state index contributed by atoms with van der Waals surface area (Å²) in [5.41, 5.74) is -0.692. The van der Waals surface area contributed by atoms with Gasteiger partial charge in [-0.3, -0.25) is 4.79 Å². The summed E-state index contributed by atoms with van der Waals surface area (Å²) in [5.74, 6) is -3.36. The van der Waals surface area contributed by atoms with Crippen molar-refractivity contribution < 1.29 is 32.6 Å². The van der Waals surface area contributed by atoms with Gasteiger partial charge >= 0.3 is 12.1 Å². The molecule has 0 heterocycles. The fourth-order valence-corrected chi connectivity index (χ4v) is 1.84. The van der Waals surface area contributed by atoms with E-state index in [2.05, 4.69) is 4.74 Å². The van der Waals surface area contributed by atoms with E-state index in [0.29, 0.717) is 0 Å². The number of phenols is 1. The first kappa shape index (κ1) is 16.5. The molecule has 1 atom stereocenters. The number of rotatable bonds is 4. The minimum Gasteiger partial charge on any atom is -0.507 e.